The van der Waals surface area contributed by atoms with Gasteiger partial charge in [-0.3, -0.25) is 14.7 Å². The maximum Gasteiger partial charge on any atom is 0.253 e. The molecule has 0 bridgehead atoms. The summed E-state index contributed by atoms with van der Waals surface area (Å²) in [5, 5.41) is 3.81. The number of hydrogen-bond acceptors (Lipinski definition) is 7. The van der Waals surface area contributed by atoms with E-state index in [1.807, 2.05) is 35.2 Å². The molecule has 2 aliphatic rings. The molecule has 3 heterocycles. The predicted molar refractivity (Wildman–Crippen MR) is 187 cm³/mol. The van der Waals surface area contributed by atoms with E-state index in [1.54, 1.807) is 36.5 Å². The zero-order chi connectivity index (χ0) is 32.8. The van der Waals surface area contributed by atoms with Crippen LogP contribution in [-0.4, -0.2) is 88.6 Å². The van der Waals surface area contributed by atoms with Gasteiger partial charge < -0.3 is 15.1 Å². The van der Waals surface area contributed by atoms with Gasteiger partial charge in [0.1, 0.15) is 5.82 Å². The van der Waals surface area contributed by atoms with Gasteiger partial charge in [-0.05, 0) is 74.5 Å². The molecular formula is C37H41ClFN7O. The first-order chi connectivity index (χ1) is 22.9. The molecule has 3 aromatic carbocycles. The van der Waals surface area contributed by atoms with Crippen LogP contribution in [0, 0.1) is 5.82 Å². The number of aliphatic imine (C=N–C) groups is 1. The van der Waals surface area contributed by atoms with Crippen molar-refractivity contribution in [3.63, 3.8) is 0 Å². The Morgan fingerprint density at radius 1 is 0.915 bits per heavy atom. The molecule has 47 heavy (non-hydrogen) atoms. The van der Waals surface area contributed by atoms with Gasteiger partial charge in [0.15, 0.2) is 0 Å². The van der Waals surface area contributed by atoms with Crippen LogP contribution in [0.15, 0.2) is 77.9 Å². The highest BCUT2D eigenvalue weighted by atomic mass is 35.5. The van der Waals surface area contributed by atoms with Gasteiger partial charge in [0.25, 0.3) is 5.91 Å². The number of piperazine rings is 1. The molecule has 1 amide bonds. The topological polar surface area (TPSA) is 77.0 Å². The molecule has 0 saturated carbocycles. The van der Waals surface area contributed by atoms with Crippen molar-refractivity contribution >= 4 is 34.9 Å². The molecule has 0 spiro atoms. The van der Waals surface area contributed by atoms with E-state index in [2.05, 4.69) is 33.9 Å². The molecule has 0 unspecified atom stereocenters. The Bertz CT molecular complexity index is 1730. The Hall–Kier alpha value is -4.18. The summed E-state index contributed by atoms with van der Waals surface area (Å²) >= 11 is 6.40. The van der Waals surface area contributed by atoms with Gasteiger partial charge in [0.05, 0.1) is 18.0 Å². The van der Waals surface area contributed by atoms with Crippen LogP contribution in [0.25, 0.3) is 11.3 Å². The van der Waals surface area contributed by atoms with Gasteiger partial charge in [-0.25, -0.2) is 14.4 Å². The molecule has 1 aromatic heterocycles. The van der Waals surface area contributed by atoms with E-state index >= 15 is 0 Å². The lowest BCUT2D eigenvalue weighted by molar-refractivity contribution is 0.0623. The fraction of sp³-hybridized carbons (Fsp3) is 0.351. The summed E-state index contributed by atoms with van der Waals surface area (Å²) in [4.78, 5) is 34.4. The highest BCUT2D eigenvalue weighted by molar-refractivity contribution is 6.31. The largest absolute Gasteiger partial charge is 0.336 e. The number of halogens is 2. The van der Waals surface area contributed by atoms with Gasteiger partial charge in [-0.2, -0.15) is 0 Å². The van der Waals surface area contributed by atoms with E-state index in [0.717, 1.165) is 69.2 Å². The Labute approximate surface area is 281 Å². The molecule has 1 fully saturated rings. The second kappa shape index (κ2) is 15.2. The van der Waals surface area contributed by atoms with Crippen LogP contribution in [0.3, 0.4) is 0 Å². The molecule has 1 N–H and O–H groups in total. The van der Waals surface area contributed by atoms with E-state index in [-0.39, 0.29) is 11.7 Å². The zero-order valence-corrected chi connectivity index (χ0v) is 27.8. The number of rotatable bonds is 11. The number of hydrogen-bond donors (Lipinski definition) is 1. The van der Waals surface area contributed by atoms with Gasteiger partial charge in [-0.1, -0.05) is 43.6 Å². The number of carbonyl (C=O) groups excluding carboxylic acids is 1. The molecule has 0 aliphatic carbocycles. The molecule has 6 rings (SSSR count). The van der Waals surface area contributed by atoms with Crippen molar-refractivity contribution in [3.8, 4) is 11.3 Å². The number of amides is 1. The minimum Gasteiger partial charge on any atom is -0.336 e. The average Bonchev–Trinajstić information content (AvgIpc) is 3.24. The number of benzene rings is 3. The maximum atomic E-state index is 14.9. The fourth-order valence-corrected chi connectivity index (χ4v) is 6.47. The third-order valence-electron chi connectivity index (χ3n) is 8.75. The summed E-state index contributed by atoms with van der Waals surface area (Å²) < 4.78 is 14.9. The van der Waals surface area contributed by atoms with Crippen molar-refractivity contribution in [1.82, 2.24) is 24.7 Å². The Morgan fingerprint density at radius 3 is 2.38 bits per heavy atom. The van der Waals surface area contributed by atoms with Crippen LogP contribution in [0.2, 0.25) is 5.02 Å². The van der Waals surface area contributed by atoms with E-state index < -0.39 is 0 Å². The first-order valence-electron chi connectivity index (χ1n) is 16.5. The van der Waals surface area contributed by atoms with Crippen LogP contribution in [0.1, 0.15) is 53.7 Å². The molecular weight excluding hydrogens is 613 g/mol. The minimum absolute atomic E-state index is 0.0528. The molecule has 244 valence electrons. The lowest BCUT2D eigenvalue weighted by atomic mass is 9.95. The number of fused-ring (bicyclic) bond motifs is 3. The lowest BCUT2D eigenvalue weighted by Crippen LogP contribution is -2.50. The third kappa shape index (κ3) is 7.70. The second-order valence-electron chi connectivity index (χ2n) is 12.1. The highest BCUT2D eigenvalue weighted by Gasteiger charge is 2.24. The van der Waals surface area contributed by atoms with Crippen LogP contribution in [0.4, 0.5) is 16.0 Å². The molecule has 10 heteroatoms. The summed E-state index contributed by atoms with van der Waals surface area (Å²) in [6.45, 7) is 12.5. The molecule has 8 nitrogen and oxygen atoms in total. The highest BCUT2D eigenvalue weighted by Crippen LogP contribution is 2.34. The normalized spacial score (nSPS) is 14.7. The predicted octanol–water partition coefficient (Wildman–Crippen LogP) is 6.91. The van der Waals surface area contributed by atoms with Gasteiger partial charge in [0.2, 0.25) is 5.95 Å². The monoisotopic (exact) mass is 653 g/mol. The Kier molecular flexibility index (Phi) is 10.6. The van der Waals surface area contributed by atoms with Gasteiger partial charge in [0, 0.05) is 84.0 Å². The smallest absolute Gasteiger partial charge is 0.253 e. The fourth-order valence-electron chi connectivity index (χ4n) is 6.30. The van der Waals surface area contributed by atoms with Gasteiger partial charge in [-0.15, -0.1) is 0 Å². The first kappa shape index (κ1) is 32.7. The number of nitrogens with zero attached hydrogens (tertiary/aromatic N) is 6. The Morgan fingerprint density at radius 2 is 1.66 bits per heavy atom. The minimum atomic E-state index is -0.350. The lowest BCUT2D eigenvalue weighted by Gasteiger charge is -2.36. The molecule has 2 aliphatic heterocycles. The van der Waals surface area contributed by atoms with Crippen LogP contribution in [-0.2, 0) is 6.54 Å². The van der Waals surface area contributed by atoms with Crippen molar-refractivity contribution in [2.24, 2.45) is 4.99 Å². The second-order valence-corrected chi connectivity index (χ2v) is 12.5. The summed E-state index contributed by atoms with van der Waals surface area (Å²) in [6, 6.07) is 19.5. The van der Waals surface area contributed by atoms with Gasteiger partial charge >= 0.3 is 0 Å². The zero-order valence-electron chi connectivity index (χ0n) is 27.1. The molecule has 1 saturated heterocycles. The summed E-state index contributed by atoms with van der Waals surface area (Å²) in [5.74, 6) is 0.111. The first-order valence-corrected chi connectivity index (χ1v) is 16.9. The van der Waals surface area contributed by atoms with Crippen molar-refractivity contribution in [2.45, 2.75) is 33.2 Å². The van der Waals surface area contributed by atoms with E-state index in [1.165, 1.54) is 18.9 Å². The van der Waals surface area contributed by atoms with Crippen molar-refractivity contribution in [2.75, 3.05) is 57.7 Å². The Balaban J connectivity index is 1.11. The van der Waals surface area contributed by atoms with Crippen molar-refractivity contribution < 1.29 is 9.18 Å². The maximum absolute atomic E-state index is 14.9. The number of aromatic nitrogens is 2. The summed E-state index contributed by atoms with van der Waals surface area (Å²) in [5.41, 5.74) is 5.41. The molecule has 4 aromatic rings. The van der Waals surface area contributed by atoms with Crippen LogP contribution in [0.5, 0.6) is 0 Å². The number of anilines is 2. The quantitative estimate of drug-likeness (QED) is 0.190. The summed E-state index contributed by atoms with van der Waals surface area (Å²) in [6.07, 6.45) is 4.10. The van der Waals surface area contributed by atoms with E-state index in [4.69, 9.17) is 21.6 Å². The van der Waals surface area contributed by atoms with E-state index in [0.29, 0.717) is 45.6 Å². The van der Waals surface area contributed by atoms with E-state index in [9.17, 15) is 9.18 Å². The van der Waals surface area contributed by atoms with Crippen LogP contribution >= 0.6 is 11.6 Å². The summed E-state index contributed by atoms with van der Waals surface area (Å²) in [7, 11) is 0. The SMILES string of the molecule is CCCN(CCC)CCN1CCN(C(=O)c2ccc(Nc3ncc4c(n3)-c3ccc(Cl)cc3C(c3ccccc3F)=NC4)cc2)CC1. The molecule has 0 radical (unpaired) electrons. The average molecular weight is 654 g/mol. The van der Waals surface area contributed by atoms with Crippen molar-refractivity contribution in [1.29, 1.82) is 0 Å². The number of carbonyl (C=O) groups is 1. The number of nitrogens with one attached hydrogen (secondary N) is 1. The standard InChI is InChI=1S/C37H41ClFN7O/c1-3-15-44(16-4-2)17-18-45-19-21-46(22-20-45)36(47)26-9-12-29(13-10-26)42-37-41-25-27-24-40-35(31-7-5-6-8-33(31)39)32-23-28(38)11-14-30(32)34(27)43-37/h5-14,23,25H,3-4,15-22,24H2,1-2H3,(H,41,42,43). The third-order valence-corrected chi connectivity index (χ3v) is 8.99. The van der Waals surface area contributed by atoms with Crippen molar-refractivity contribution in [3.05, 3.63) is 106 Å². The van der Waals surface area contributed by atoms with Crippen LogP contribution < -0.4 is 5.32 Å². The molecule has 0 atom stereocenters.